The van der Waals surface area contributed by atoms with Crippen LogP contribution in [-0.4, -0.2) is 17.1 Å². The molecule has 0 amide bonds. The van der Waals surface area contributed by atoms with E-state index in [4.69, 9.17) is 9.15 Å². The number of hydrogen-bond acceptors (Lipinski definition) is 4. The lowest BCUT2D eigenvalue weighted by Gasteiger charge is -2.03. The van der Waals surface area contributed by atoms with Crippen LogP contribution in [-0.2, 0) is 6.42 Å². The lowest BCUT2D eigenvalue weighted by molar-refractivity contribution is 0.398. The van der Waals surface area contributed by atoms with Crippen LogP contribution in [0.2, 0.25) is 0 Å². The zero-order valence-corrected chi connectivity index (χ0v) is 11.1. The predicted molar refractivity (Wildman–Crippen MR) is 75.5 cm³/mol. The number of hydrogen-bond donors (Lipinski definition) is 0. The van der Waals surface area contributed by atoms with Crippen molar-refractivity contribution in [2.75, 3.05) is 7.11 Å². The molecule has 0 unspecified atom stereocenters. The van der Waals surface area contributed by atoms with E-state index in [1.54, 1.807) is 13.2 Å². The van der Waals surface area contributed by atoms with E-state index < -0.39 is 0 Å². The lowest BCUT2D eigenvalue weighted by atomic mass is 10.1. The molecule has 0 atom stereocenters. The summed E-state index contributed by atoms with van der Waals surface area (Å²) in [6, 6.07) is 15.7. The molecule has 0 aliphatic carbocycles. The number of pyridine rings is 1. The van der Waals surface area contributed by atoms with E-state index in [0.717, 1.165) is 11.4 Å². The second-order valence-corrected chi connectivity index (χ2v) is 4.36. The molecule has 0 fully saturated rings. The number of nitrogens with zero attached hydrogens (tertiary/aromatic N) is 2. The van der Waals surface area contributed by atoms with Crippen LogP contribution in [0.15, 0.2) is 59.3 Å². The van der Waals surface area contributed by atoms with Gasteiger partial charge in [0, 0.05) is 12.5 Å². The van der Waals surface area contributed by atoms with Crippen molar-refractivity contribution in [1.29, 1.82) is 0 Å². The monoisotopic (exact) mass is 266 g/mol. The van der Waals surface area contributed by atoms with Gasteiger partial charge in [-0.15, -0.1) is 0 Å². The Hall–Kier alpha value is -2.62. The number of methoxy groups -OCH3 is 1. The van der Waals surface area contributed by atoms with Crippen molar-refractivity contribution in [3.63, 3.8) is 0 Å². The van der Waals surface area contributed by atoms with Gasteiger partial charge >= 0.3 is 0 Å². The van der Waals surface area contributed by atoms with Gasteiger partial charge in [0.1, 0.15) is 5.69 Å². The molecule has 0 radical (unpaired) electrons. The van der Waals surface area contributed by atoms with E-state index >= 15 is 0 Å². The van der Waals surface area contributed by atoms with E-state index in [-0.39, 0.29) is 0 Å². The molecule has 3 aromatic rings. The highest BCUT2D eigenvalue weighted by atomic mass is 16.5. The first-order chi connectivity index (χ1) is 9.86. The van der Waals surface area contributed by atoms with Gasteiger partial charge in [0.25, 0.3) is 0 Å². The molecule has 0 saturated heterocycles. The van der Waals surface area contributed by atoms with Crippen LogP contribution in [0.5, 0.6) is 5.88 Å². The molecule has 2 aromatic heterocycles. The Morgan fingerprint density at radius 3 is 2.70 bits per heavy atom. The van der Waals surface area contributed by atoms with Crippen molar-refractivity contribution in [3.8, 4) is 17.3 Å². The molecule has 3 rings (SSSR count). The molecule has 2 heterocycles. The molecule has 0 saturated carbocycles. The fourth-order valence-corrected chi connectivity index (χ4v) is 2.05. The van der Waals surface area contributed by atoms with Crippen molar-refractivity contribution in [2.24, 2.45) is 0 Å². The molecule has 0 bridgehead atoms. The highest BCUT2D eigenvalue weighted by Gasteiger charge is 2.13. The van der Waals surface area contributed by atoms with E-state index in [9.17, 15) is 0 Å². The SMILES string of the molecule is COc1cccc(-c2ocnc2Cc2ccccc2)n1. The Labute approximate surface area is 117 Å². The summed E-state index contributed by atoms with van der Waals surface area (Å²) < 4.78 is 10.6. The summed E-state index contributed by atoms with van der Waals surface area (Å²) in [6.45, 7) is 0. The molecule has 20 heavy (non-hydrogen) atoms. The van der Waals surface area contributed by atoms with Gasteiger partial charge in [-0.25, -0.2) is 9.97 Å². The second-order valence-electron chi connectivity index (χ2n) is 4.36. The van der Waals surface area contributed by atoms with Crippen LogP contribution >= 0.6 is 0 Å². The highest BCUT2D eigenvalue weighted by Crippen LogP contribution is 2.24. The Morgan fingerprint density at radius 2 is 1.90 bits per heavy atom. The zero-order valence-electron chi connectivity index (χ0n) is 11.1. The molecular formula is C16H14N2O2. The fourth-order valence-electron chi connectivity index (χ4n) is 2.05. The molecule has 0 spiro atoms. The third kappa shape index (κ3) is 2.54. The first-order valence-corrected chi connectivity index (χ1v) is 6.34. The quantitative estimate of drug-likeness (QED) is 0.726. The van der Waals surface area contributed by atoms with Crippen molar-refractivity contribution in [2.45, 2.75) is 6.42 Å². The van der Waals surface area contributed by atoms with E-state index in [1.807, 2.05) is 30.3 Å². The summed E-state index contributed by atoms with van der Waals surface area (Å²) >= 11 is 0. The topological polar surface area (TPSA) is 48.2 Å². The minimum absolute atomic E-state index is 0.560. The Kier molecular flexibility index (Phi) is 3.46. The van der Waals surface area contributed by atoms with Crippen LogP contribution in [0.1, 0.15) is 11.3 Å². The van der Waals surface area contributed by atoms with Crippen molar-refractivity contribution in [3.05, 3.63) is 66.2 Å². The smallest absolute Gasteiger partial charge is 0.213 e. The number of benzene rings is 1. The third-order valence-electron chi connectivity index (χ3n) is 3.02. The maximum Gasteiger partial charge on any atom is 0.213 e. The first kappa shape index (κ1) is 12.4. The predicted octanol–water partition coefficient (Wildman–Crippen LogP) is 3.34. The third-order valence-corrected chi connectivity index (χ3v) is 3.02. The van der Waals surface area contributed by atoms with Crippen LogP contribution in [0.3, 0.4) is 0 Å². The number of oxazole rings is 1. The van der Waals surface area contributed by atoms with Gasteiger partial charge in [-0.1, -0.05) is 36.4 Å². The summed E-state index contributed by atoms with van der Waals surface area (Å²) in [5, 5.41) is 0. The van der Waals surface area contributed by atoms with Gasteiger partial charge in [0.2, 0.25) is 5.88 Å². The van der Waals surface area contributed by atoms with Crippen LogP contribution in [0, 0.1) is 0 Å². The molecule has 1 aromatic carbocycles. The lowest BCUT2D eigenvalue weighted by Crippen LogP contribution is -1.94. The Morgan fingerprint density at radius 1 is 1.05 bits per heavy atom. The summed E-state index contributed by atoms with van der Waals surface area (Å²) in [7, 11) is 1.59. The second kappa shape index (κ2) is 5.57. The van der Waals surface area contributed by atoms with Gasteiger partial charge in [-0.2, -0.15) is 0 Å². The average molecular weight is 266 g/mol. The maximum absolute atomic E-state index is 5.49. The van der Waals surface area contributed by atoms with E-state index in [2.05, 4.69) is 22.1 Å². The summed E-state index contributed by atoms with van der Waals surface area (Å²) in [5.41, 5.74) is 2.79. The molecule has 100 valence electrons. The molecule has 4 heteroatoms. The molecule has 0 aliphatic rings. The molecule has 0 N–H and O–H groups in total. The van der Waals surface area contributed by atoms with Gasteiger partial charge in [-0.3, -0.25) is 0 Å². The van der Waals surface area contributed by atoms with Crippen molar-refractivity contribution >= 4 is 0 Å². The average Bonchev–Trinajstić information content (AvgIpc) is 2.96. The highest BCUT2D eigenvalue weighted by molar-refractivity contribution is 5.56. The van der Waals surface area contributed by atoms with Crippen molar-refractivity contribution < 1.29 is 9.15 Å². The van der Waals surface area contributed by atoms with Gasteiger partial charge < -0.3 is 9.15 Å². The molecule has 4 nitrogen and oxygen atoms in total. The van der Waals surface area contributed by atoms with Gasteiger partial charge in [-0.05, 0) is 11.6 Å². The van der Waals surface area contributed by atoms with Crippen LogP contribution in [0.25, 0.3) is 11.5 Å². The number of ether oxygens (including phenoxy) is 1. The summed E-state index contributed by atoms with van der Waals surface area (Å²) in [5.74, 6) is 1.25. The standard InChI is InChI=1S/C16H14N2O2/c1-19-15-9-5-8-13(18-15)16-14(17-11-20-16)10-12-6-3-2-4-7-12/h2-9,11H,10H2,1H3. The van der Waals surface area contributed by atoms with E-state index in [1.165, 1.54) is 12.0 Å². The zero-order chi connectivity index (χ0) is 13.8. The van der Waals surface area contributed by atoms with Crippen LogP contribution in [0.4, 0.5) is 0 Å². The normalized spacial score (nSPS) is 10.4. The maximum atomic E-state index is 5.49. The van der Waals surface area contributed by atoms with Gasteiger partial charge in [0.05, 0.1) is 12.8 Å². The minimum Gasteiger partial charge on any atom is -0.481 e. The van der Waals surface area contributed by atoms with Gasteiger partial charge in [0.15, 0.2) is 12.2 Å². The minimum atomic E-state index is 0.560. The number of aromatic nitrogens is 2. The van der Waals surface area contributed by atoms with Crippen LogP contribution < -0.4 is 4.74 Å². The summed E-state index contributed by atoms with van der Waals surface area (Å²) in [4.78, 5) is 8.68. The van der Waals surface area contributed by atoms with E-state index in [0.29, 0.717) is 18.1 Å². The molecular weight excluding hydrogens is 252 g/mol. The Bertz CT molecular complexity index is 692. The first-order valence-electron chi connectivity index (χ1n) is 6.34. The largest absolute Gasteiger partial charge is 0.481 e. The number of rotatable bonds is 4. The molecule has 0 aliphatic heterocycles. The Balaban J connectivity index is 1.93. The van der Waals surface area contributed by atoms with Crippen molar-refractivity contribution in [1.82, 2.24) is 9.97 Å². The summed E-state index contributed by atoms with van der Waals surface area (Å²) in [6.07, 6.45) is 2.17. The fraction of sp³-hybridized carbons (Fsp3) is 0.125.